The lowest BCUT2D eigenvalue weighted by Gasteiger charge is -2.23. The molecule has 0 fully saturated rings. The molecule has 8 nitrogen and oxygen atoms in total. The van der Waals surface area contributed by atoms with Crippen molar-refractivity contribution in [2.45, 2.75) is 26.3 Å². The lowest BCUT2D eigenvalue weighted by atomic mass is 10.2. The van der Waals surface area contributed by atoms with E-state index in [9.17, 15) is 13.2 Å². The maximum absolute atomic E-state index is 12.1. The van der Waals surface area contributed by atoms with E-state index >= 15 is 0 Å². The fourth-order valence-corrected chi connectivity index (χ4v) is 3.83. The second-order valence-corrected chi connectivity index (χ2v) is 8.10. The number of amides is 2. The van der Waals surface area contributed by atoms with Crippen LogP contribution in [-0.2, 0) is 10.0 Å². The number of urea groups is 1. The van der Waals surface area contributed by atoms with Crippen molar-refractivity contribution in [2.24, 2.45) is 0 Å². The summed E-state index contributed by atoms with van der Waals surface area (Å²) < 4.78 is 26.5. The Bertz CT molecular complexity index is 819. The lowest BCUT2D eigenvalue weighted by Crippen LogP contribution is -2.38. The van der Waals surface area contributed by atoms with Crippen molar-refractivity contribution in [1.82, 2.24) is 19.4 Å². The number of nitrogens with one attached hydrogen (secondary N) is 2. The van der Waals surface area contributed by atoms with E-state index in [0.29, 0.717) is 25.2 Å². The summed E-state index contributed by atoms with van der Waals surface area (Å²) in [6.45, 7) is 4.38. The van der Waals surface area contributed by atoms with E-state index < -0.39 is 10.0 Å². The van der Waals surface area contributed by atoms with E-state index in [2.05, 4.69) is 15.7 Å². The molecule has 0 atom stereocenters. The van der Waals surface area contributed by atoms with Crippen molar-refractivity contribution < 1.29 is 13.2 Å². The molecule has 2 rings (SSSR count). The number of carbonyl (C=O) groups is 1. The molecular weight excluding hydrogens is 354 g/mol. The summed E-state index contributed by atoms with van der Waals surface area (Å²) in [5.41, 5.74) is 1.39. The molecule has 1 heterocycles. The van der Waals surface area contributed by atoms with Gasteiger partial charge in [-0.1, -0.05) is 12.1 Å². The minimum atomic E-state index is -3.25. The predicted octanol–water partition coefficient (Wildman–Crippen LogP) is 2.05. The standard InChI is InChI=1S/C17H25N5O3S/c1-14(2)22(26(3,24)25)13-6-10-18-17(23)20-15-8-4-5-9-16(15)21-12-7-11-19-21/h4-5,7-9,11-12,14H,6,10,13H2,1-3H3,(H2,18,20,23). The highest BCUT2D eigenvalue weighted by molar-refractivity contribution is 7.88. The van der Waals surface area contributed by atoms with E-state index in [1.54, 1.807) is 29.2 Å². The third-order valence-electron chi connectivity index (χ3n) is 3.75. The van der Waals surface area contributed by atoms with E-state index in [0.717, 1.165) is 5.69 Å². The SMILES string of the molecule is CC(C)N(CCCNC(=O)Nc1ccccc1-n1cccn1)S(C)(=O)=O. The molecule has 142 valence electrons. The van der Waals surface area contributed by atoms with E-state index in [-0.39, 0.29) is 12.1 Å². The third kappa shape index (κ3) is 5.57. The van der Waals surface area contributed by atoms with Crippen LogP contribution in [0.25, 0.3) is 5.69 Å². The van der Waals surface area contributed by atoms with Crippen LogP contribution in [0.4, 0.5) is 10.5 Å². The molecule has 26 heavy (non-hydrogen) atoms. The minimum absolute atomic E-state index is 0.111. The van der Waals surface area contributed by atoms with Gasteiger partial charge in [0.15, 0.2) is 0 Å². The van der Waals surface area contributed by atoms with Gasteiger partial charge in [0, 0.05) is 31.5 Å². The number of benzene rings is 1. The zero-order valence-corrected chi connectivity index (χ0v) is 16.0. The first-order valence-electron chi connectivity index (χ1n) is 8.39. The number of aromatic nitrogens is 2. The lowest BCUT2D eigenvalue weighted by molar-refractivity contribution is 0.251. The maximum Gasteiger partial charge on any atom is 0.319 e. The van der Waals surface area contributed by atoms with Gasteiger partial charge in [0.2, 0.25) is 10.0 Å². The number of para-hydroxylation sites is 2. The molecule has 1 aromatic carbocycles. The van der Waals surface area contributed by atoms with Gasteiger partial charge in [-0.25, -0.2) is 17.9 Å². The van der Waals surface area contributed by atoms with Gasteiger partial charge in [-0.2, -0.15) is 9.40 Å². The van der Waals surface area contributed by atoms with Gasteiger partial charge >= 0.3 is 6.03 Å². The Morgan fingerprint density at radius 1 is 1.27 bits per heavy atom. The second kappa shape index (κ2) is 8.81. The van der Waals surface area contributed by atoms with Gasteiger partial charge in [-0.3, -0.25) is 0 Å². The predicted molar refractivity (Wildman–Crippen MR) is 102 cm³/mol. The maximum atomic E-state index is 12.1. The summed E-state index contributed by atoms with van der Waals surface area (Å²) >= 11 is 0. The van der Waals surface area contributed by atoms with Crippen LogP contribution in [0.1, 0.15) is 20.3 Å². The van der Waals surface area contributed by atoms with Crippen LogP contribution in [0.15, 0.2) is 42.7 Å². The van der Waals surface area contributed by atoms with Crippen LogP contribution in [-0.4, -0.2) is 53.9 Å². The number of anilines is 1. The molecule has 0 bridgehead atoms. The van der Waals surface area contributed by atoms with Crippen LogP contribution in [0, 0.1) is 0 Å². The Kier molecular flexibility index (Phi) is 6.76. The molecule has 0 radical (unpaired) electrons. The highest BCUT2D eigenvalue weighted by Crippen LogP contribution is 2.18. The smallest absolute Gasteiger partial charge is 0.319 e. The normalized spacial score (nSPS) is 11.7. The first-order valence-corrected chi connectivity index (χ1v) is 10.2. The fourth-order valence-electron chi connectivity index (χ4n) is 2.60. The van der Waals surface area contributed by atoms with E-state index in [1.807, 2.05) is 32.0 Å². The Morgan fingerprint density at radius 3 is 2.62 bits per heavy atom. The van der Waals surface area contributed by atoms with Crippen molar-refractivity contribution in [1.29, 1.82) is 0 Å². The van der Waals surface area contributed by atoms with Gasteiger partial charge in [0.25, 0.3) is 0 Å². The summed E-state index contributed by atoms with van der Waals surface area (Å²) in [5, 5.41) is 9.72. The van der Waals surface area contributed by atoms with Gasteiger partial charge in [0.1, 0.15) is 0 Å². The molecule has 2 amide bonds. The van der Waals surface area contributed by atoms with Crippen molar-refractivity contribution in [2.75, 3.05) is 24.7 Å². The largest absolute Gasteiger partial charge is 0.338 e. The van der Waals surface area contributed by atoms with Crippen molar-refractivity contribution >= 4 is 21.7 Å². The number of nitrogens with zero attached hydrogens (tertiary/aromatic N) is 3. The molecule has 0 aliphatic carbocycles. The average Bonchev–Trinajstić information content (AvgIpc) is 3.07. The molecule has 0 spiro atoms. The minimum Gasteiger partial charge on any atom is -0.338 e. The number of hydrogen-bond donors (Lipinski definition) is 2. The molecule has 0 unspecified atom stereocenters. The monoisotopic (exact) mass is 379 g/mol. The average molecular weight is 379 g/mol. The number of sulfonamides is 1. The van der Waals surface area contributed by atoms with Crippen LogP contribution in [0.5, 0.6) is 0 Å². The summed E-state index contributed by atoms with van der Waals surface area (Å²) in [6.07, 6.45) is 5.18. The molecule has 1 aromatic heterocycles. The molecule has 0 aliphatic rings. The second-order valence-electron chi connectivity index (χ2n) is 6.17. The fraction of sp³-hybridized carbons (Fsp3) is 0.412. The Balaban J connectivity index is 1.87. The molecule has 9 heteroatoms. The molecule has 0 saturated heterocycles. The Labute approximate surface area is 154 Å². The quantitative estimate of drug-likeness (QED) is 0.686. The highest BCUT2D eigenvalue weighted by atomic mass is 32.2. The van der Waals surface area contributed by atoms with Crippen LogP contribution in [0.3, 0.4) is 0 Å². The van der Waals surface area contributed by atoms with Crippen molar-refractivity contribution in [3.05, 3.63) is 42.7 Å². The van der Waals surface area contributed by atoms with Crippen molar-refractivity contribution in [3.63, 3.8) is 0 Å². The molecule has 0 saturated carbocycles. The summed E-state index contributed by atoms with van der Waals surface area (Å²) in [4.78, 5) is 12.1. The zero-order chi connectivity index (χ0) is 19.2. The third-order valence-corrected chi connectivity index (χ3v) is 5.20. The summed E-state index contributed by atoms with van der Waals surface area (Å²) in [6, 6.07) is 8.69. The highest BCUT2D eigenvalue weighted by Gasteiger charge is 2.19. The van der Waals surface area contributed by atoms with Crippen molar-refractivity contribution in [3.8, 4) is 5.69 Å². The molecule has 2 aromatic rings. The first-order chi connectivity index (χ1) is 12.3. The zero-order valence-electron chi connectivity index (χ0n) is 15.2. The Hall–Kier alpha value is -2.39. The van der Waals surface area contributed by atoms with Gasteiger partial charge < -0.3 is 10.6 Å². The summed E-state index contributed by atoms with van der Waals surface area (Å²) in [7, 11) is -3.25. The van der Waals surface area contributed by atoms with Gasteiger partial charge in [-0.05, 0) is 38.5 Å². The van der Waals surface area contributed by atoms with Crippen LogP contribution in [0.2, 0.25) is 0 Å². The summed E-state index contributed by atoms with van der Waals surface area (Å²) in [5.74, 6) is 0. The molecular formula is C17H25N5O3S. The molecule has 0 aliphatic heterocycles. The topological polar surface area (TPSA) is 96.3 Å². The Morgan fingerprint density at radius 2 is 2.00 bits per heavy atom. The van der Waals surface area contributed by atoms with Gasteiger partial charge in [-0.15, -0.1) is 0 Å². The first kappa shape index (κ1) is 19.9. The number of carbonyl (C=O) groups excluding carboxylic acids is 1. The number of rotatable bonds is 8. The molecule has 2 N–H and O–H groups in total. The van der Waals surface area contributed by atoms with E-state index in [4.69, 9.17) is 0 Å². The van der Waals surface area contributed by atoms with Crippen LogP contribution < -0.4 is 10.6 Å². The number of hydrogen-bond acceptors (Lipinski definition) is 4. The van der Waals surface area contributed by atoms with E-state index in [1.165, 1.54) is 10.6 Å². The van der Waals surface area contributed by atoms with Crippen LogP contribution >= 0.6 is 0 Å². The van der Waals surface area contributed by atoms with Gasteiger partial charge in [0.05, 0.1) is 17.6 Å².